The third-order valence-corrected chi connectivity index (χ3v) is 4.18. The SMILES string of the molecule is COc1ccc(-n2nnc3cnc(NC4CC(=O)N(C)C4)nc32)cc1. The predicted molar refractivity (Wildman–Crippen MR) is 90.7 cm³/mol. The Balaban J connectivity index is 1.64. The Bertz CT molecular complexity index is 922. The van der Waals surface area contributed by atoms with Crippen LogP contribution < -0.4 is 10.1 Å². The summed E-state index contributed by atoms with van der Waals surface area (Å²) in [5.41, 5.74) is 2.02. The summed E-state index contributed by atoms with van der Waals surface area (Å²) in [6.07, 6.45) is 2.06. The summed E-state index contributed by atoms with van der Waals surface area (Å²) in [5.74, 6) is 1.33. The number of methoxy groups -OCH3 is 1. The smallest absolute Gasteiger partial charge is 0.225 e. The lowest BCUT2D eigenvalue weighted by Crippen LogP contribution is -2.25. The monoisotopic (exact) mass is 339 g/mol. The molecular weight excluding hydrogens is 322 g/mol. The maximum Gasteiger partial charge on any atom is 0.225 e. The van der Waals surface area contributed by atoms with Gasteiger partial charge in [-0.3, -0.25) is 4.79 Å². The Morgan fingerprint density at radius 2 is 2.08 bits per heavy atom. The van der Waals surface area contributed by atoms with Crippen LogP contribution in [0.25, 0.3) is 16.9 Å². The first-order valence-electron chi connectivity index (χ1n) is 7.87. The molecule has 25 heavy (non-hydrogen) atoms. The summed E-state index contributed by atoms with van der Waals surface area (Å²) >= 11 is 0. The number of rotatable bonds is 4. The third-order valence-electron chi connectivity index (χ3n) is 4.18. The number of fused-ring (bicyclic) bond motifs is 1. The molecule has 3 heterocycles. The highest BCUT2D eigenvalue weighted by Crippen LogP contribution is 2.19. The number of benzene rings is 1. The minimum atomic E-state index is 0.000247. The molecule has 1 saturated heterocycles. The van der Waals surface area contributed by atoms with E-state index in [2.05, 4.69) is 25.6 Å². The maximum atomic E-state index is 11.6. The summed E-state index contributed by atoms with van der Waals surface area (Å²) in [4.78, 5) is 22.1. The number of ether oxygens (including phenoxy) is 1. The van der Waals surface area contributed by atoms with Crippen LogP contribution in [0.15, 0.2) is 30.5 Å². The minimum Gasteiger partial charge on any atom is -0.497 e. The number of anilines is 1. The van der Waals surface area contributed by atoms with Gasteiger partial charge < -0.3 is 15.0 Å². The molecule has 0 bridgehead atoms. The number of likely N-dealkylation sites (tertiary alicyclic amines) is 1. The van der Waals surface area contributed by atoms with Gasteiger partial charge in [-0.1, -0.05) is 5.21 Å². The Morgan fingerprint density at radius 1 is 1.28 bits per heavy atom. The number of nitrogens with one attached hydrogen (secondary N) is 1. The van der Waals surface area contributed by atoms with Crippen molar-refractivity contribution >= 4 is 23.0 Å². The molecule has 1 aromatic carbocycles. The molecule has 1 N–H and O–H groups in total. The predicted octanol–water partition coefficient (Wildman–Crippen LogP) is 0.862. The Kier molecular flexibility index (Phi) is 3.68. The van der Waals surface area contributed by atoms with Crippen molar-refractivity contribution in [2.24, 2.45) is 0 Å². The first-order chi connectivity index (χ1) is 12.1. The molecule has 128 valence electrons. The second-order valence-corrected chi connectivity index (χ2v) is 5.92. The molecule has 0 saturated carbocycles. The minimum absolute atomic E-state index is 0.000247. The molecule has 0 aliphatic carbocycles. The van der Waals surface area contributed by atoms with Crippen LogP contribution in [-0.4, -0.2) is 62.5 Å². The summed E-state index contributed by atoms with van der Waals surface area (Å²) in [7, 11) is 3.41. The Labute approximate surface area is 143 Å². The van der Waals surface area contributed by atoms with Crippen LogP contribution >= 0.6 is 0 Å². The Morgan fingerprint density at radius 3 is 2.76 bits per heavy atom. The fourth-order valence-corrected chi connectivity index (χ4v) is 2.84. The standard InChI is InChI=1S/C16H17N7O2/c1-22-9-10(7-14(22)24)18-16-17-8-13-15(19-16)23(21-20-13)11-3-5-12(25-2)6-4-11/h3-6,8,10H,7,9H2,1-2H3,(H,17,18,19). The second kappa shape index (κ2) is 6.00. The van der Waals surface area contributed by atoms with Crippen molar-refractivity contribution in [1.29, 1.82) is 0 Å². The van der Waals surface area contributed by atoms with Crippen LogP contribution in [-0.2, 0) is 4.79 Å². The van der Waals surface area contributed by atoms with Crippen LogP contribution in [0.3, 0.4) is 0 Å². The van der Waals surface area contributed by atoms with Gasteiger partial charge in [0, 0.05) is 20.0 Å². The average molecular weight is 339 g/mol. The van der Waals surface area contributed by atoms with E-state index in [1.54, 1.807) is 29.9 Å². The van der Waals surface area contributed by atoms with E-state index in [1.807, 2.05) is 24.3 Å². The van der Waals surface area contributed by atoms with E-state index >= 15 is 0 Å². The molecule has 1 atom stereocenters. The Hall–Kier alpha value is -3.23. The van der Waals surface area contributed by atoms with Crippen LogP contribution in [0.4, 0.5) is 5.95 Å². The number of aromatic nitrogens is 5. The van der Waals surface area contributed by atoms with Crippen molar-refractivity contribution in [3.05, 3.63) is 30.5 Å². The fraction of sp³-hybridized carbons (Fsp3) is 0.312. The zero-order chi connectivity index (χ0) is 17.4. The van der Waals surface area contributed by atoms with E-state index in [1.165, 1.54) is 0 Å². The van der Waals surface area contributed by atoms with Gasteiger partial charge in [-0.25, -0.2) is 4.98 Å². The lowest BCUT2D eigenvalue weighted by Gasteiger charge is -2.12. The molecule has 9 nitrogen and oxygen atoms in total. The molecular formula is C16H17N7O2. The number of hydrogen-bond acceptors (Lipinski definition) is 7. The molecule has 1 aliphatic heterocycles. The van der Waals surface area contributed by atoms with Crippen LogP contribution in [0.2, 0.25) is 0 Å². The number of hydrogen-bond donors (Lipinski definition) is 1. The second-order valence-electron chi connectivity index (χ2n) is 5.92. The molecule has 1 fully saturated rings. The van der Waals surface area contributed by atoms with E-state index < -0.39 is 0 Å². The molecule has 0 radical (unpaired) electrons. The molecule has 1 aliphatic rings. The van der Waals surface area contributed by atoms with Crippen LogP contribution in [0, 0.1) is 0 Å². The normalized spacial score (nSPS) is 17.3. The van der Waals surface area contributed by atoms with Crippen LogP contribution in [0.5, 0.6) is 5.75 Å². The van der Waals surface area contributed by atoms with Crippen molar-refractivity contribution in [2.75, 3.05) is 26.0 Å². The van der Waals surface area contributed by atoms with Crippen molar-refractivity contribution < 1.29 is 9.53 Å². The zero-order valence-electron chi connectivity index (χ0n) is 13.9. The van der Waals surface area contributed by atoms with E-state index in [-0.39, 0.29) is 11.9 Å². The first kappa shape index (κ1) is 15.3. The molecule has 3 aromatic rings. The quantitative estimate of drug-likeness (QED) is 0.753. The number of amides is 1. The van der Waals surface area contributed by atoms with Gasteiger partial charge in [0.05, 0.1) is 25.0 Å². The lowest BCUT2D eigenvalue weighted by molar-refractivity contribution is -0.126. The van der Waals surface area contributed by atoms with Gasteiger partial charge in [0.2, 0.25) is 11.9 Å². The summed E-state index contributed by atoms with van der Waals surface area (Å²) in [5, 5.41) is 11.5. The summed E-state index contributed by atoms with van der Waals surface area (Å²) < 4.78 is 6.82. The molecule has 1 unspecified atom stereocenters. The van der Waals surface area contributed by atoms with Gasteiger partial charge in [0.25, 0.3) is 0 Å². The highest BCUT2D eigenvalue weighted by Gasteiger charge is 2.27. The number of carbonyl (C=O) groups is 1. The van der Waals surface area contributed by atoms with Gasteiger partial charge in [-0.05, 0) is 24.3 Å². The zero-order valence-corrected chi connectivity index (χ0v) is 13.9. The molecule has 4 rings (SSSR count). The molecule has 9 heteroatoms. The van der Waals surface area contributed by atoms with Gasteiger partial charge in [-0.15, -0.1) is 5.10 Å². The number of likely N-dealkylation sites (N-methyl/N-ethyl adjacent to an activating group) is 1. The topological polar surface area (TPSA) is 98.1 Å². The lowest BCUT2D eigenvalue weighted by atomic mass is 10.2. The first-order valence-corrected chi connectivity index (χ1v) is 7.87. The largest absolute Gasteiger partial charge is 0.497 e. The van der Waals surface area contributed by atoms with Crippen molar-refractivity contribution in [3.8, 4) is 11.4 Å². The van der Waals surface area contributed by atoms with Gasteiger partial charge in [0.1, 0.15) is 5.75 Å². The van der Waals surface area contributed by atoms with Crippen LogP contribution in [0.1, 0.15) is 6.42 Å². The molecule has 2 aromatic heterocycles. The van der Waals surface area contributed by atoms with Crippen molar-refractivity contribution in [1.82, 2.24) is 29.9 Å². The highest BCUT2D eigenvalue weighted by molar-refractivity contribution is 5.79. The van der Waals surface area contributed by atoms with Crippen molar-refractivity contribution in [2.45, 2.75) is 12.5 Å². The van der Waals surface area contributed by atoms with E-state index in [0.29, 0.717) is 30.1 Å². The van der Waals surface area contributed by atoms with Gasteiger partial charge in [0.15, 0.2) is 11.2 Å². The highest BCUT2D eigenvalue weighted by atomic mass is 16.5. The summed E-state index contributed by atoms with van der Waals surface area (Å²) in [6, 6.07) is 7.46. The van der Waals surface area contributed by atoms with E-state index in [0.717, 1.165) is 11.4 Å². The maximum absolute atomic E-state index is 11.6. The number of nitrogens with zero attached hydrogens (tertiary/aromatic N) is 6. The fourth-order valence-electron chi connectivity index (χ4n) is 2.84. The molecule has 1 amide bonds. The van der Waals surface area contributed by atoms with Crippen molar-refractivity contribution in [3.63, 3.8) is 0 Å². The van der Waals surface area contributed by atoms with E-state index in [4.69, 9.17) is 4.74 Å². The third kappa shape index (κ3) is 2.84. The van der Waals surface area contributed by atoms with Gasteiger partial charge in [-0.2, -0.15) is 9.67 Å². The average Bonchev–Trinajstić information content (AvgIpc) is 3.18. The molecule has 0 spiro atoms. The summed E-state index contributed by atoms with van der Waals surface area (Å²) in [6.45, 7) is 0.635. The van der Waals surface area contributed by atoms with E-state index in [9.17, 15) is 4.79 Å². The van der Waals surface area contributed by atoms with Gasteiger partial charge >= 0.3 is 0 Å². The number of carbonyl (C=O) groups excluding carboxylic acids is 1.